The topological polar surface area (TPSA) is 51.8 Å². The van der Waals surface area contributed by atoms with Crippen LogP contribution >= 0.6 is 23.2 Å². The number of nitrogens with one attached hydrogen (secondary N) is 2. The lowest BCUT2D eigenvalue weighted by molar-refractivity contribution is -0.282. The highest BCUT2D eigenvalue weighted by atomic mass is 35.5. The van der Waals surface area contributed by atoms with E-state index in [1.54, 1.807) is 12.2 Å². The quantitative estimate of drug-likeness (QED) is 0.486. The van der Waals surface area contributed by atoms with Crippen molar-refractivity contribution < 1.29 is 14.6 Å². The maximum Gasteiger partial charge on any atom is 0.0902 e. The summed E-state index contributed by atoms with van der Waals surface area (Å²) in [4.78, 5) is 13.7. The third-order valence-electron chi connectivity index (χ3n) is 0.738. The Bertz CT molecular complexity index is 139. The highest BCUT2D eigenvalue weighted by Gasteiger charge is 1.83. The molecule has 76 valence electrons. The Kier molecular flexibility index (Phi) is 11.7. The molecule has 7 heteroatoms. The summed E-state index contributed by atoms with van der Waals surface area (Å²) < 4.78 is 0. The Morgan fingerprint density at radius 2 is 1.38 bits per heavy atom. The molecule has 0 radical (unpaired) electrons. The van der Waals surface area contributed by atoms with E-state index in [1.165, 1.54) is 11.1 Å². The zero-order valence-corrected chi connectivity index (χ0v) is 8.22. The second-order valence-electron chi connectivity index (χ2n) is 1.61. The van der Waals surface area contributed by atoms with Gasteiger partial charge < -0.3 is 0 Å². The lowest BCUT2D eigenvalue weighted by Gasteiger charge is -2.03. The average Bonchev–Trinajstić information content (AvgIpc) is 2.16. The molecule has 0 saturated carbocycles. The van der Waals surface area contributed by atoms with Gasteiger partial charge in [0.1, 0.15) is 0 Å². The van der Waals surface area contributed by atoms with E-state index in [-0.39, 0.29) is 13.2 Å². The van der Waals surface area contributed by atoms with Crippen LogP contribution in [0.2, 0.25) is 0 Å². The van der Waals surface area contributed by atoms with Gasteiger partial charge in [0, 0.05) is 11.1 Å². The maximum absolute atomic E-state index is 5.21. The van der Waals surface area contributed by atoms with Crippen molar-refractivity contribution in [3.8, 4) is 0 Å². The largest absolute Gasteiger partial charge is 0.271 e. The summed E-state index contributed by atoms with van der Waals surface area (Å²) in [7, 11) is 0. The molecule has 0 aromatic heterocycles. The van der Waals surface area contributed by atoms with E-state index >= 15 is 0 Å². The highest BCUT2D eigenvalue weighted by Crippen LogP contribution is 1.79. The van der Waals surface area contributed by atoms with Crippen LogP contribution in [-0.2, 0) is 14.6 Å². The van der Waals surface area contributed by atoms with E-state index in [0.717, 1.165) is 0 Å². The molecule has 13 heavy (non-hydrogen) atoms. The molecule has 0 aliphatic carbocycles. The van der Waals surface area contributed by atoms with Crippen LogP contribution in [0.4, 0.5) is 0 Å². The van der Waals surface area contributed by atoms with Gasteiger partial charge in [-0.3, -0.25) is 9.68 Å². The van der Waals surface area contributed by atoms with E-state index in [2.05, 4.69) is 25.9 Å². The van der Waals surface area contributed by atoms with Crippen molar-refractivity contribution in [2.75, 3.05) is 13.2 Å². The Morgan fingerprint density at radius 3 is 1.77 bits per heavy atom. The minimum absolute atomic E-state index is 0.284. The van der Waals surface area contributed by atoms with Gasteiger partial charge in [-0.1, -0.05) is 34.5 Å². The van der Waals surface area contributed by atoms with E-state index < -0.39 is 0 Å². The Balaban J connectivity index is 2.91. The molecular formula is C6H10Cl2N2O3. The minimum atomic E-state index is 0.284. The molecule has 0 rings (SSSR count). The third-order valence-corrected chi connectivity index (χ3v) is 1.09. The molecule has 5 nitrogen and oxygen atoms in total. The predicted molar refractivity (Wildman–Crippen MR) is 49.2 cm³/mol. The Labute approximate surface area is 86.0 Å². The molecule has 2 N–H and O–H groups in total. The van der Waals surface area contributed by atoms with Crippen molar-refractivity contribution in [2.24, 2.45) is 0 Å². The van der Waals surface area contributed by atoms with Gasteiger partial charge >= 0.3 is 0 Å². The van der Waals surface area contributed by atoms with Gasteiger partial charge in [-0.2, -0.15) is 4.94 Å². The van der Waals surface area contributed by atoms with Crippen molar-refractivity contribution in [2.45, 2.75) is 0 Å². The fourth-order valence-corrected chi connectivity index (χ4v) is 0.458. The third kappa shape index (κ3) is 11.9. The van der Waals surface area contributed by atoms with Gasteiger partial charge in [0.15, 0.2) is 0 Å². The van der Waals surface area contributed by atoms with Crippen LogP contribution < -0.4 is 11.3 Å². The van der Waals surface area contributed by atoms with Gasteiger partial charge in [-0.05, 0) is 12.2 Å². The summed E-state index contributed by atoms with van der Waals surface area (Å²) in [5.74, 6) is 0. The van der Waals surface area contributed by atoms with Crippen LogP contribution in [0.1, 0.15) is 0 Å². The summed E-state index contributed by atoms with van der Waals surface area (Å²) in [5, 5.41) is 0. The molecule has 0 unspecified atom stereocenters. The zero-order valence-electron chi connectivity index (χ0n) is 6.70. The van der Waals surface area contributed by atoms with Crippen LogP contribution in [0.5, 0.6) is 0 Å². The van der Waals surface area contributed by atoms with E-state index in [0.29, 0.717) is 0 Å². The SMILES string of the molecule is ClC=CCONONOCC=CCl. The predicted octanol–water partition coefficient (Wildman–Crippen LogP) is 1.38. The van der Waals surface area contributed by atoms with E-state index in [9.17, 15) is 0 Å². The van der Waals surface area contributed by atoms with Crippen molar-refractivity contribution in [1.29, 1.82) is 0 Å². The molecule has 0 aliphatic rings. The fourth-order valence-electron chi connectivity index (χ4n) is 0.313. The zero-order chi connectivity index (χ0) is 9.78. The average molecular weight is 229 g/mol. The molecule has 0 aromatic rings. The van der Waals surface area contributed by atoms with Gasteiger partial charge in [-0.15, -0.1) is 0 Å². The van der Waals surface area contributed by atoms with Gasteiger partial charge in [0.05, 0.1) is 13.2 Å². The van der Waals surface area contributed by atoms with E-state index in [1.807, 2.05) is 0 Å². The molecule has 0 aromatic carbocycles. The van der Waals surface area contributed by atoms with Crippen molar-refractivity contribution in [3.63, 3.8) is 0 Å². The molecular weight excluding hydrogens is 219 g/mol. The first-order valence-electron chi connectivity index (χ1n) is 3.31. The summed E-state index contributed by atoms with van der Waals surface area (Å²) in [6.45, 7) is 0.569. The number of hydrogen-bond donors (Lipinski definition) is 2. The number of hydrogen-bond acceptors (Lipinski definition) is 5. The van der Waals surface area contributed by atoms with Crippen LogP contribution in [0.25, 0.3) is 0 Å². The van der Waals surface area contributed by atoms with Gasteiger partial charge in [0.2, 0.25) is 0 Å². The van der Waals surface area contributed by atoms with Crippen molar-refractivity contribution in [1.82, 2.24) is 11.3 Å². The summed E-state index contributed by atoms with van der Waals surface area (Å²) in [6.07, 6.45) is 3.16. The van der Waals surface area contributed by atoms with Crippen LogP contribution in [0.15, 0.2) is 23.2 Å². The molecule has 0 fully saturated rings. The molecule has 0 saturated heterocycles. The molecule has 0 atom stereocenters. The standard InChI is InChI=1S/C6H10Cl2N2O3/c7-3-1-5-11-9-13-10-12-6-2-4-8/h1-4,9-10H,5-6H2. The molecule has 0 aliphatic heterocycles. The van der Waals surface area contributed by atoms with Gasteiger partial charge in [-0.25, -0.2) is 0 Å². The van der Waals surface area contributed by atoms with Crippen LogP contribution in [0, 0.1) is 0 Å². The molecule has 0 bridgehead atoms. The molecule has 0 amide bonds. The normalized spacial score (nSPS) is 11.8. The lowest BCUT2D eigenvalue weighted by Crippen LogP contribution is -2.26. The minimum Gasteiger partial charge on any atom is -0.271 e. The van der Waals surface area contributed by atoms with E-state index in [4.69, 9.17) is 23.2 Å². The second kappa shape index (κ2) is 11.9. The lowest BCUT2D eigenvalue weighted by atomic mass is 10.7. The first-order valence-corrected chi connectivity index (χ1v) is 4.19. The monoisotopic (exact) mass is 228 g/mol. The molecule has 0 heterocycles. The summed E-state index contributed by atoms with van der Waals surface area (Å²) in [6, 6.07) is 0. The number of rotatable bonds is 8. The number of halogens is 2. The van der Waals surface area contributed by atoms with Crippen molar-refractivity contribution >= 4 is 23.2 Å². The van der Waals surface area contributed by atoms with Crippen LogP contribution in [0.3, 0.4) is 0 Å². The van der Waals surface area contributed by atoms with Crippen LogP contribution in [-0.4, -0.2) is 13.2 Å². The summed E-state index contributed by atoms with van der Waals surface area (Å²) in [5.41, 5.74) is 6.85. The van der Waals surface area contributed by atoms with Crippen molar-refractivity contribution in [3.05, 3.63) is 23.2 Å². The van der Waals surface area contributed by atoms with Gasteiger partial charge in [0.25, 0.3) is 0 Å². The Morgan fingerprint density at radius 1 is 0.923 bits per heavy atom. The first kappa shape index (κ1) is 12.9. The smallest absolute Gasteiger partial charge is 0.0902 e. The summed E-state index contributed by atoms with van der Waals surface area (Å²) >= 11 is 10.4. The Hall–Kier alpha value is -0.140. The second-order valence-corrected chi connectivity index (χ2v) is 2.12. The highest BCUT2D eigenvalue weighted by molar-refractivity contribution is 6.25. The fraction of sp³-hybridized carbons (Fsp3) is 0.333. The molecule has 0 spiro atoms. The maximum atomic E-state index is 5.21. The first-order chi connectivity index (χ1) is 6.41.